The molecule has 4 heteroatoms. The molecule has 0 bridgehead atoms. The van der Waals surface area contributed by atoms with E-state index < -0.39 is 0 Å². The van der Waals surface area contributed by atoms with E-state index in [-0.39, 0.29) is 0 Å². The van der Waals surface area contributed by atoms with Crippen LogP contribution in [0.25, 0.3) is 0 Å². The first-order valence-electron chi connectivity index (χ1n) is 7.09. The zero-order valence-corrected chi connectivity index (χ0v) is 13.1. The number of aryl methyl sites for hydroxylation is 1. The van der Waals surface area contributed by atoms with Crippen molar-refractivity contribution < 1.29 is 0 Å². The van der Waals surface area contributed by atoms with Crippen molar-refractivity contribution in [2.75, 3.05) is 5.32 Å². The van der Waals surface area contributed by atoms with Crippen molar-refractivity contribution in [3.8, 4) is 0 Å². The number of nitrogens with one attached hydrogen (secondary N) is 1. The maximum absolute atomic E-state index is 4.23. The van der Waals surface area contributed by atoms with E-state index in [9.17, 15) is 0 Å². The maximum Gasteiger partial charge on any atom is 0.0659 e. The third-order valence-electron chi connectivity index (χ3n) is 3.54. The van der Waals surface area contributed by atoms with Crippen LogP contribution < -0.4 is 5.32 Å². The topological polar surface area (TPSA) is 29.9 Å². The van der Waals surface area contributed by atoms with E-state index in [1.165, 1.54) is 16.0 Å². The Bertz CT molecular complexity index is 683. The fraction of sp³-hybridized carbons (Fsp3) is 0.235. The Kier molecular flexibility index (Phi) is 4.06. The fourth-order valence-corrected chi connectivity index (χ4v) is 3.37. The highest BCUT2D eigenvalue weighted by Crippen LogP contribution is 2.26. The van der Waals surface area contributed by atoms with Crippen molar-refractivity contribution >= 4 is 17.0 Å². The molecule has 0 saturated heterocycles. The minimum Gasteiger partial charge on any atom is -0.378 e. The summed E-state index contributed by atoms with van der Waals surface area (Å²) in [5.41, 5.74) is 3.76. The predicted molar refractivity (Wildman–Crippen MR) is 88.9 cm³/mol. The molecule has 0 aliphatic carbocycles. The molecular weight excluding hydrogens is 278 g/mol. The average Bonchev–Trinajstić information content (AvgIpc) is 3.12. The van der Waals surface area contributed by atoms with Gasteiger partial charge in [0.1, 0.15) is 0 Å². The van der Waals surface area contributed by atoms with E-state index in [1.54, 1.807) is 6.20 Å². The molecule has 108 valence electrons. The van der Waals surface area contributed by atoms with E-state index in [0.717, 1.165) is 12.2 Å². The molecule has 0 aliphatic heterocycles. The van der Waals surface area contributed by atoms with Gasteiger partial charge in [-0.25, -0.2) is 0 Å². The van der Waals surface area contributed by atoms with Crippen molar-refractivity contribution in [1.29, 1.82) is 0 Å². The monoisotopic (exact) mass is 297 g/mol. The number of benzene rings is 1. The summed E-state index contributed by atoms with van der Waals surface area (Å²) in [6.45, 7) is 5.18. The molecule has 0 saturated carbocycles. The first-order chi connectivity index (χ1) is 10.2. The molecule has 3 nitrogen and oxygen atoms in total. The Morgan fingerprint density at radius 1 is 1.24 bits per heavy atom. The molecule has 0 spiro atoms. The van der Waals surface area contributed by atoms with Crippen LogP contribution in [0.2, 0.25) is 0 Å². The number of aromatic nitrogens is 2. The van der Waals surface area contributed by atoms with Crippen LogP contribution in [-0.2, 0) is 6.54 Å². The van der Waals surface area contributed by atoms with E-state index in [2.05, 4.69) is 60.0 Å². The second kappa shape index (κ2) is 6.14. The average molecular weight is 297 g/mol. The van der Waals surface area contributed by atoms with E-state index in [4.69, 9.17) is 0 Å². The van der Waals surface area contributed by atoms with Crippen molar-refractivity contribution in [3.63, 3.8) is 0 Å². The standard InChI is InChI=1S/C17H19N3S/c1-13-8-11-21-17(13)14(2)19-16-6-4-15(5-7-16)12-20-10-3-9-18-20/h3-11,14,19H,12H2,1-2H3. The maximum atomic E-state index is 4.23. The van der Waals surface area contributed by atoms with Gasteiger partial charge in [-0.2, -0.15) is 5.10 Å². The SMILES string of the molecule is Cc1ccsc1C(C)Nc1ccc(Cn2cccn2)cc1. The fourth-order valence-electron chi connectivity index (χ4n) is 2.43. The van der Waals surface area contributed by atoms with Gasteiger partial charge in [-0.15, -0.1) is 11.3 Å². The molecule has 21 heavy (non-hydrogen) atoms. The number of hydrogen-bond acceptors (Lipinski definition) is 3. The van der Waals surface area contributed by atoms with Crippen LogP contribution in [0.1, 0.15) is 29.0 Å². The molecule has 2 heterocycles. The Balaban J connectivity index is 1.66. The smallest absolute Gasteiger partial charge is 0.0659 e. The van der Waals surface area contributed by atoms with Crippen molar-refractivity contribution in [3.05, 3.63) is 70.2 Å². The quantitative estimate of drug-likeness (QED) is 0.752. The van der Waals surface area contributed by atoms with Crippen molar-refractivity contribution in [2.24, 2.45) is 0 Å². The van der Waals surface area contributed by atoms with Crippen LogP contribution in [-0.4, -0.2) is 9.78 Å². The molecular formula is C17H19N3S. The molecule has 0 fully saturated rings. The number of nitrogens with zero attached hydrogens (tertiary/aromatic N) is 2. The van der Waals surface area contributed by atoms with Gasteiger partial charge in [0.25, 0.3) is 0 Å². The van der Waals surface area contributed by atoms with E-state index in [1.807, 2.05) is 28.3 Å². The summed E-state index contributed by atoms with van der Waals surface area (Å²) >= 11 is 1.81. The molecule has 0 amide bonds. The highest BCUT2D eigenvalue weighted by Gasteiger charge is 2.09. The van der Waals surface area contributed by atoms with Gasteiger partial charge < -0.3 is 5.32 Å². The summed E-state index contributed by atoms with van der Waals surface area (Å²) in [5.74, 6) is 0. The molecule has 1 N–H and O–H groups in total. The summed E-state index contributed by atoms with van der Waals surface area (Å²) < 4.78 is 1.93. The predicted octanol–water partition coefficient (Wildman–Crippen LogP) is 4.47. The zero-order valence-electron chi connectivity index (χ0n) is 12.3. The molecule has 1 aromatic carbocycles. The van der Waals surface area contributed by atoms with Crippen LogP contribution in [0.5, 0.6) is 0 Å². The lowest BCUT2D eigenvalue weighted by Crippen LogP contribution is -2.06. The second-order valence-corrected chi connectivity index (χ2v) is 6.18. The zero-order chi connectivity index (χ0) is 14.7. The highest BCUT2D eigenvalue weighted by molar-refractivity contribution is 7.10. The summed E-state index contributed by atoms with van der Waals surface area (Å²) in [7, 11) is 0. The molecule has 0 aliphatic rings. The largest absolute Gasteiger partial charge is 0.378 e. The number of hydrogen-bond donors (Lipinski definition) is 1. The minimum absolute atomic E-state index is 0.335. The molecule has 2 aromatic heterocycles. The normalized spacial score (nSPS) is 12.3. The van der Waals surface area contributed by atoms with Gasteiger partial charge in [-0.3, -0.25) is 4.68 Å². The highest BCUT2D eigenvalue weighted by atomic mass is 32.1. The molecule has 3 aromatic rings. The second-order valence-electron chi connectivity index (χ2n) is 5.23. The first-order valence-corrected chi connectivity index (χ1v) is 7.97. The Labute approximate surface area is 129 Å². The van der Waals surface area contributed by atoms with E-state index in [0.29, 0.717) is 6.04 Å². The van der Waals surface area contributed by atoms with Crippen molar-refractivity contribution in [2.45, 2.75) is 26.4 Å². The number of anilines is 1. The summed E-state index contributed by atoms with van der Waals surface area (Å²) in [5, 5.41) is 9.94. The minimum atomic E-state index is 0.335. The van der Waals surface area contributed by atoms with Crippen LogP contribution >= 0.6 is 11.3 Å². The van der Waals surface area contributed by atoms with Gasteiger partial charge in [-0.05, 0) is 54.6 Å². The molecule has 1 atom stereocenters. The van der Waals surface area contributed by atoms with Crippen LogP contribution in [0.3, 0.4) is 0 Å². The van der Waals surface area contributed by atoms with E-state index >= 15 is 0 Å². The first kappa shape index (κ1) is 13.9. The lowest BCUT2D eigenvalue weighted by Gasteiger charge is -2.15. The summed E-state index contributed by atoms with van der Waals surface area (Å²) in [6, 6.07) is 13.0. The van der Waals surface area contributed by atoms with Gasteiger partial charge in [0.2, 0.25) is 0 Å². The van der Waals surface area contributed by atoms with Crippen LogP contribution in [0.15, 0.2) is 54.2 Å². The Hall–Kier alpha value is -2.07. The lowest BCUT2D eigenvalue weighted by atomic mass is 10.1. The van der Waals surface area contributed by atoms with Gasteiger partial charge in [0.05, 0.1) is 12.6 Å². The Morgan fingerprint density at radius 3 is 2.67 bits per heavy atom. The van der Waals surface area contributed by atoms with Crippen LogP contribution in [0.4, 0.5) is 5.69 Å². The van der Waals surface area contributed by atoms with Gasteiger partial charge in [0, 0.05) is 23.0 Å². The molecule has 0 radical (unpaired) electrons. The van der Waals surface area contributed by atoms with Crippen molar-refractivity contribution in [1.82, 2.24) is 9.78 Å². The number of rotatable bonds is 5. The van der Waals surface area contributed by atoms with Gasteiger partial charge >= 0.3 is 0 Å². The summed E-state index contributed by atoms with van der Waals surface area (Å²) in [4.78, 5) is 1.40. The molecule has 3 rings (SSSR count). The lowest BCUT2D eigenvalue weighted by molar-refractivity contribution is 0.687. The van der Waals surface area contributed by atoms with Crippen LogP contribution in [0, 0.1) is 6.92 Å². The third-order valence-corrected chi connectivity index (χ3v) is 4.74. The number of thiophene rings is 1. The summed E-state index contributed by atoms with van der Waals surface area (Å²) in [6.07, 6.45) is 3.79. The Morgan fingerprint density at radius 2 is 2.05 bits per heavy atom. The van der Waals surface area contributed by atoms with Gasteiger partial charge in [0.15, 0.2) is 0 Å². The molecule has 1 unspecified atom stereocenters. The third kappa shape index (κ3) is 3.34. The van der Waals surface area contributed by atoms with Gasteiger partial charge in [-0.1, -0.05) is 12.1 Å².